The van der Waals surface area contributed by atoms with Gasteiger partial charge in [-0.3, -0.25) is 0 Å². The molecule has 1 aromatic carbocycles. The van der Waals surface area contributed by atoms with Crippen molar-refractivity contribution in [1.29, 1.82) is 0 Å². The first-order valence-electron chi connectivity index (χ1n) is 4.79. The minimum Gasteiger partial charge on any atom is -0.386 e. The largest absolute Gasteiger partial charge is 0.386 e. The molecule has 0 spiro atoms. The lowest BCUT2D eigenvalue weighted by Gasteiger charge is -2.17. The Bertz CT molecular complexity index is 246. The fraction of sp³-hybridized carbons (Fsp3) is 0.500. The molecule has 0 fully saturated rings. The molecule has 0 saturated heterocycles. The van der Waals surface area contributed by atoms with Gasteiger partial charge in [-0.1, -0.05) is 43.7 Å². The smallest absolute Gasteiger partial charge is 0.0840 e. The van der Waals surface area contributed by atoms with Gasteiger partial charge in [0.05, 0.1) is 5.60 Å². The minimum absolute atomic E-state index is 0.716. The van der Waals surface area contributed by atoms with E-state index in [1.807, 2.05) is 45.0 Å². The van der Waals surface area contributed by atoms with Crippen LogP contribution in [0.5, 0.6) is 0 Å². The fourth-order valence-corrected chi connectivity index (χ4v) is 1.03. The maximum Gasteiger partial charge on any atom is 0.0840 e. The van der Waals surface area contributed by atoms with Crippen molar-refractivity contribution in [3.63, 3.8) is 0 Å². The van der Waals surface area contributed by atoms with Gasteiger partial charge in [-0.2, -0.15) is 0 Å². The zero-order valence-corrected chi connectivity index (χ0v) is 9.26. The first-order valence-corrected chi connectivity index (χ1v) is 4.79. The zero-order chi connectivity index (χ0) is 10.5. The van der Waals surface area contributed by atoms with Gasteiger partial charge < -0.3 is 5.11 Å². The molecule has 0 unspecified atom stereocenters. The van der Waals surface area contributed by atoms with E-state index in [1.54, 1.807) is 13.8 Å². The summed E-state index contributed by atoms with van der Waals surface area (Å²) in [6, 6.07) is 7.92. The van der Waals surface area contributed by atoms with Crippen molar-refractivity contribution in [2.45, 2.75) is 40.2 Å². The second kappa shape index (κ2) is 5.03. The molecule has 0 bridgehead atoms. The molecule has 0 heterocycles. The van der Waals surface area contributed by atoms with Gasteiger partial charge >= 0.3 is 0 Å². The molecule has 74 valence electrons. The van der Waals surface area contributed by atoms with Crippen molar-refractivity contribution in [2.75, 3.05) is 0 Å². The Morgan fingerprint density at radius 1 is 1.15 bits per heavy atom. The van der Waals surface area contributed by atoms with E-state index in [0.717, 1.165) is 5.56 Å². The first kappa shape index (κ1) is 12.2. The van der Waals surface area contributed by atoms with Crippen molar-refractivity contribution >= 4 is 0 Å². The quantitative estimate of drug-likeness (QED) is 0.703. The highest BCUT2D eigenvalue weighted by Crippen LogP contribution is 2.19. The zero-order valence-electron chi connectivity index (χ0n) is 9.26. The van der Waals surface area contributed by atoms with Gasteiger partial charge in [0.15, 0.2) is 0 Å². The van der Waals surface area contributed by atoms with E-state index in [-0.39, 0.29) is 0 Å². The second-order valence-corrected chi connectivity index (χ2v) is 3.43. The summed E-state index contributed by atoms with van der Waals surface area (Å²) in [7, 11) is 0. The Labute approximate surface area is 81.4 Å². The molecule has 0 aliphatic heterocycles. The van der Waals surface area contributed by atoms with Gasteiger partial charge in [-0.05, 0) is 26.3 Å². The Balaban J connectivity index is 0.000000671. The summed E-state index contributed by atoms with van der Waals surface area (Å²) in [4.78, 5) is 0. The predicted octanol–water partition coefficient (Wildman–Crippen LogP) is 3.25. The van der Waals surface area contributed by atoms with E-state index in [0.29, 0.717) is 0 Å². The first-order chi connectivity index (χ1) is 6.00. The van der Waals surface area contributed by atoms with E-state index < -0.39 is 5.60 Å². The van der Waals surface area contributed by atoms with E-state index in [4.69, 9.17) is 0 Å². The van der Waals surface area contributed by atoms with E-state index in [9.17, 15) is 5.11 Å². The van der Waals surface area contributed by atoms with Crippen LogP contribution in [0, 0.1) is 6.92 Å². The monoisotopic (exact) mass is 180 g/mol. The van der Waals surface area contributed by atoms with Gasteiger partial charge in [-0.25, -0.2) is 0 Å². The lowest BCUT2D eigenvalue weighted by atomic mass is 9.97. The fourth-order valence-electron chi connectivity index (χ4n) is 1.03. The lowest BCUT2D eigenvalue weighted by Crippen LogP contribution is -2.15. The number of hydrogen-bond acceptors (Lipinski definition) is 1. The van der Waals surface area contributed by atoms with Gasteiger partial charge in [-0.15, -0.1) is 0 Å². The van der Waals surface area contributed by atoms with Gasteiger partial charge in [0.25, 0.3) is 0 Å². The van der Waals surface area contributed by atoms with Gasteiger partial charge in [0.2, 0.25) is 0 Å². The van der Waals surface area contributed by atoms with Crippen molar-refractivity contribution in [2.24, 2.45) is 0 Å². The van der Waals surface area contributed by atoms with Crippen LogP contribution in [0.25, 0.3) is 0 Å². The number of benzene rings is 1. The van der Waals surface area contributed by atoms with Gasteiger partial charge in [0.1, 0.15) is 0 Å². The van der Waals surface area contributed by atoms with Crippen LogP contribution in [0.1, 0.15) is 38.8 Å². The van der Waals surface area contributed by atoms with Crippen LogP contribution in [0.2, 0.25) is 0 Å². The highest BCUT2D eigenvalue weighted by molar-refractivity contribution is 5.26. The summed E-state index contributed by atoms with van der Waals surface area (Å²) >= 11 is 0. The Hall–Kier alpha value is -0.820. The van der Waals surface area contributed by atoms with E-state index in [1.165, 1.54) is 5.56 Å². The summed E-state index contributed by atoms with van der Waals surface area (Å²) < 4.78 is 0. The number of rotatable bonds is 1. The van der Waals surface area contributed by atoms with E-state index in [2.05, 4.69) is 0 Å². The van der Waals surface area contributed by atoms with Crippen LogP contribution in [-0.4, -0.2) is 5.11 Å². The molecule has 1 N–H and O–H groups in total. The van der Waals surface area contributed by atoms with Crippen LogP contribution < -0.4 is 0 Å². The van der Waals surface area contributed by atoms with Crippen LogP contribution in [0.4, 0.5) is 0 Å². The predicted molar refractivity (Wildman–Crippen MR) is 57.8 cm³/mol. The maximum absolute atomic E-state index is 9.61. The molecular weight excluding hydrogens is 160 g/mol. The normalized spacial score (nSPS) is 10.3. The molecule has 0 aliphatic rings. The molecule has 1 aromatic rings. The Kier molecular flexibility index (Phi) is 4.71. The molecule has 0 saturated carbocycles. The third kappa shape index (κ3) is 4.09. The summed E-state index contributed by atoms with van der Waals surface area (Å²) in [5, 5.41) is 9.61. The lowest BCUT2D eigenvalue weighted by molar-refractivity contribution is 0.0785. The average Bonchev–Trinajstić information content (AvgIpc) is 2.06. The second-order valence-electron chi connectivity index (χ2n) is 3.43. The highest BCUT2D eigenvalue weighted by Gasteiger charge is 2.14. The third-order valence-corrected chi connectivity index (χ3v) is 1.72. The molecule has 13 heavy (non-hydrogen) atoms. The molecule has 0 aromatic heterocycles. The summed E-state index contributed by atoms with van der Waals surface area (Å²) in [6.07, 6.45) is 0. The van der Waals surface area contributed by atoms with Crippen LogP contribution >= 0.6 is 0 Å². The van der Waals surface area contributed by atoms with Gasteiger partial charge in [0, 0.05) is 0 Å². The van der Waals surface area contributed by atoms with E-state index >= 15 is 0 Å². The van der Waals surface area contributed by atoms with Crippen molar-refractivity contribution in [3.8, 4) is 0 Å². The molecule has 1 nitrogen and oxygen atoms in total. The number of aliphatic hydroxyl groups is 1. The molecular formula is C12H20O. The average molecular weight is 180 g/mol. The molecule has 0 amide bonds. The standard InChI is InChI=1S/C10H14O.C2H6/c1-8-5-4-6-9(7-8)10(2,3)11;1-2/h4-7,11H,1-3H3;1-2H3. The Morgan fingerprint density at radius 3 is 2.00 bits per heavy atom. The summed E-state index contributed by atoms with van der Waals surface area (Å²) in [5.74, 6) is 0. The SMILES string of the molecule is CC.Cc1cccc(C(C)(C)O)c1. The molecule has 0 aliphatic carbocycles. The maximum atomic E-state index is 9.61. The summed E-state index contributed by atoms with van der Waals surface area (Å²) in [5.41, 5.74) is 1.44. The highest BCUT2D eigenvalue weighted by atomic mass is 16.3. The van der Waals surface area contributed by atoms with Crippen molar-refractivity contribution < 1.29 is 5.11 Å². The van der Waals surface area contributed by atoms with Crippen molar-refractivity contribution in [3.05, 3.63) is 35.4 Å². The molecule has 0 atom stereocenters. The molecule has 1 heteroatoms. The van der Waals surface area contributed by atoms with Crippen molar-refractivity contribution in [1.82, 2.24) is 0 Å². The Morgan fingerprint density at radius 2 is 1.69 bits per heavy atom. The van der Waals surface area contributed by atoms with Crippen LogP contribution in [0.3, 0.4) is 0 Å². The molecule has 0 radical (unpaired) electrons. The van der Waals surface area contributed by atoms with Crippen LogP contribution in [-0.2, 0) is 5.60 Å². The number of hydrogen-bond donors (Lipinski definition) is 1. The minimum atomic E-state index is -0.716. The van der Waals surface area contributed by atoms with Crippen LogP contribution in [0.15, 0.2) is 24.3 Å². The molecule has 1 rings (SSSR count). The topological polar surface area (TPSA) is 20.2 Å². The number of aryl methyl sites for hydroxylation is 1. The third-order valence-electron chi connectivity index (χ3n) is 1.72. The summed E-state index contributed by atoms with van der Waals surface area (Å²) in [6.45, 7) is 9.61.